The van der Waals surface area contributed by atoms with Gasteiger partial charge in [0.25, 0.3) is 0 Å². The number of anilines is 1. The average Bonchev–Trinajstić information content (AvgIpc) is 2.42. The molecule has 1 N–H and O–H groups in total. The number of hydrogen-bond donors (Lipinski definition) is 1. The van der Waals surface area contributed by atoms with E-state index in [1.165, 1.54) is 12.1 Å². The molecule has 2 aromatic carbocycles. The summed E-state index contributed by atoms with van der Waals surface area (Å²) < 4.78 is 25.7. The number of amides is 1. The summed E-state index contributed by atoms with van der Waals surface area (Å²) in [5, 5.41) is 2.46. The minimum absolute atomic E-state index is 0.211. The van der Waals surface area contributed by atoms with E-state index in [1.807, 2.05) is 31.2 Å². The monoisotopic (exact) mass is 273 g/mol. The molecule has 0 bridgehead atoms. The van der Waals surface area contributed by atoms with Crippen LogP contribution < -0.4 is 5.32 Å². The summed E-state index contributed by atoms with van der Waals surface area (Å²) in [5.41, 5.74) is 2.23. The maximum atomic E-state index is 13.0. The molecule has 0 aliphatic heterocycles. The van der Waals surface area contributed by atoms with Crippen molar-refractivity contribution in [1.29, 1.82) is 0 Å². The molecule has 0 atom stereocenters. The van der Waals surface area contributed by atoms with Crippen LogP contribution in [0.15, 0.2) is 48.5 Å². The van der Waals surface area contributed by atoms with Crippen molar-refractivity contribution in [3.63, 3.8) is 0 Å². The summed E-state index contributed by atoms with van der Waals surface area (Å²) in [6, 6.07) is 10.9. The molecule has 0 aliphatic carbocycles. The van der Waals surface area contributed by atoms with E-state index in [2.05, 4.69) is 5.32 Å². The van der Waals surface area contributed by atoms with Gasteiger partial charge in [-0.2, -0.15) is 0 Å². The van der Waals surface area contributed by atoms with Gasteiger partial charge in [0.15, 0.2) is 11.6 Å². The zero-order valence-electron chi connectivity index (χ0n) is 10.9. The van der Waals surface area contributed by atoms with Crippen LogP contribution in [-0.4, -0.2) is 5.91 Å². The fraction of sp³-hybridized carbons (Fsp3) is 0.0625. The first kappa shape index (κ1) is 13.9. The van der Waals surface area contributed by atoms with Gasteiger partial charge in [-0.15, -0.1) is 0 Å². The van der Waals surface area contributed by atoms with Crippen LogP contribution in [-0.2, 0) is 4.79 Å². The molecule has 0 aliphatic rings. The van der Waals surface area contributed by atoms with Gasteiger partial charge in [0.1, 0.15) is 0 Å². The summed E-state index contributed by atoms with van der Waals surface area (Å²) in [7, 11) is 0. The van der Waals surface area contributed by atoms with Gasteiger partial charge in [0.05, 0.1) is 0 Å². The summed E-state index contributed by atoms with van der Waals surface area (Å²) in [4.78, 5) is 11.6. The topological polar surface area (TPSA) is 29.1 Å². The molecule has 102 valence electrons. The van der Waals surface area contributed by atoms with Crippen LogP contribution in [0.2, 0.25) is 0 Å². The van der Waals surface area contributed by atoms with Crippen LogP contribution in [0.4, 0.5) is 14.5 Å². The molecular formula is C16H13F2NO. The van der Waals surface area contributed by atoms with Crippen molar-refractivity contribution in [3.8, 4) is 0 Å². The highest BCUT2D eigenvalue weighted by atomic mass is 19.2. The number of carbonyl (C=O) groups excluding carboxylic acids is 1. The fourth-order valence-electron chi connectivity index (χ4n) is 1.61. The van der Waals surface area contributed by atoms with Gasteiger partial charge in [-0.3, -0.25) is 4.79 Å². The molecule has 0 saturated heterocycles. The lowest BCUT2D eigenvalue weighted by Crippen LogP contribution is -2.08. The van der Waals surface area contributed by atoms with E-state index in [-0.39, 0.29) is 5.69 Å². The molecule has 0 unspecified atom stereocenters. The van der Waals surface area contributed by atoms with E-state index in [0.717, 1.165) is 23.3 Å². The van der Waals surface area contributed by atoms with E-state index in [0.29, 0.717) is 0 Å². The highest BCUT2D eigenvalue weighted by Crippen LogP contribution is 2.13. The van der Waals surface area contributed by atoms with Crippen molar-refractivity contribution < 1.29 is 13.6 Å². The summed E-state index contributed by atoms with van der Waals surface area (Å²) >= 11 is 0. The predicted molar refractivity (Wildman–Crippen MR) is 75.2 cm³/mol. The Morgan fingerprint density at radius 3 is 2.40 bits per heavy atom. The number of halogens is 2. The highest BCUT2D eigenvalue weighted by molar-refractivity contribution is 6.01. The first-order chi connectivity index (χ1) is 9.54. The Hall–Kier alpha value is -2.49. The molecule has 0 saturated carbocycles. The number of benzene rings is 2. The van der Waals surface area contributed by atoms with Crippen molar-refractivity contribution in [3.05, 3.63) is 71.3 Å². The van der Waals surface area contributed by atoms with Gasteiger partial charge in [-0.25, -0.2) is 8.78 Å². The van der Waals surface area contributed by atoms with E-state index in [1.54, 1.807) is 6.08 Å². The molecule has 2 nitrogen and oxygen atoms in total. The van der Waals surface area contributed by atoms with Crippen molar-refractivity contribution in [1.82, 2.24) is 0 Å². The second-order valence-corrected chi connectivity index (χ2v) is 4.36. The van der Waals surface area contributed by atoms with E-state index < -0.39 is 17.5 Å². The van der Waals surface area contributed by atoms with Crippen molar-refractivity contribution in [2.75, 3.05) is 5.32 Å². The van der Waals surface area contributed by atoms with E-state index >= 15 is 0 Å². The quantitative estimate of drug-likeness (QED) is 0.844. The Morgan fingerprint density at radius 2 is 1.75 bits per heavy atom. The van der Waals surface area contributed by atoms with Gasteiger partial charge < -0.3 is 5.32 Å². The molecule has 1 amide bonds. The second-order valence-electron chi connectivity index (χ2n) is 4.36. The van der Waals surface area contributed by atoms with Crippen LogP contribution >= 0.6 is 0 Å². The average molecular weight is 273 g/mol. The molecule has 0 spiro atoms. The first-order valence-electron chi connectivity index (χ1n) is 6.05. The van der Waals surface area contributed by atoms with Crippen LogP contribution in [0.25, 0.3) is 6.08 Å². The maximum Gasteiger partial charge on any atom is 0.248 e. The molecule has 2 aromatic rings. The Kier molecular flexibility index (Phi) is 4.25. The summed E-state index contributed by atoms with van der Waals surface area (Å²) in [5.74, 6) is -2.35. The summed E-state index contributed by atoms with van der Waals surface area (Å²) in [6.45, 7) is 1.98. The molecule has 4 heteroatoms. The number of hydrogen-bond acceptors (Lipinski definition) is 1. The Bertz CT molecular complexity index is 648. The van der Waals surface area contributed by atoms with Crippen molar-refractivity contribution >= 4 is 17.7 Å². The normalized spacial score (nSPS) is 10.8. The third kappa shape index (κ3) is 3.75. The molecule has 2 rings (SSSR count). The zero-order valence-corrected chi connectivity index (χ0v) is 10.9. The third-order valence-corrected chi connectivity index (χ3v) is 2.69. The zero-order chi connectivity index (χ0) is 14.5. The Labute approximate surface area is 115 Å². The largest absolute Gasteiger partial charge is 0.322 e. The van der Waals surface area contributed by atoms with E-state index in [4.69, 9.17) is 0 Å². The number of aryl methyl sites for hydroxylation is 1. The molecule has 0 fully saturated rings. The molecule has 20 heavy (non-hydrogen) atoms. The van der Waals surface area contributed by atoms with Crippen LogP contribution in [0, 0.1) is 18.6 Å². The van der Waals surface area contributed by atoms with Crippen molar-refractivity contribution in [2.24, 2.45) is 0 Å². The molecule has 0 heterocycles. The van der Waals surface area contributed by atoms with Crippen LogP contribution in [0.5, 0.6) is 0 Å². The van der Waals surface area contributed by atoms with Gasteiger partial charge in [-0.05, 0) is 30.7 Å². The van der Waals surface area contributed by atoms with Crippen LogP contribution in [0.3, 0.4) is 0 Å². The van der Waals surface area contributed by atoms with Gasteiger partial charge in [-0.1, -0.05) is 29.8 Å². The lowest BCUT2D eigenvalue weighted by Gasteiger charge is -2.02. The van der Waals surface area contributed by atoms with Gasteiger partial charge >= 0.3 is 0 Å². The van der Waals surface area contributed by atoms with Crippen molar-refractivity contribution in [2.45, 2.75) is 6.92 Å². The number of rotatable bonds is 3. The Balaban J connectivity index is 2.01. The molecule has 0 aromatic heterocycles. The number of carbonyl (C=O) groups is 1. The highest BCUT2D eigenvalue weighted by Gasteiger charge is 2.03. The Morgan fingerprint density at radius 1 is 1.05 bits per heavy atom. The standard InChI is InChI=1S/C16H13F2NO/c1-11-2-4-12(5-3-11)6-9-16(20)19-13-7-8-14(17)15(18)10-13/h2-10H,1H3,(H,19,20)/b9-6-. The second kappa shape index (κ2) is 6.10. The minimum Gasteiger partial charge on any atom is -0.322 e. The number of nitrogens with one attached hydrogen (secondary N) is 1. The molecule has 0 radical (unpaired) electrons. The lowest BCUT2D eigenvalue weighted by molar-refractivity contribution is -0.111. The fourth-order valence-corrected chi connectivity index (χ4v) is 1.61. The minimum atomic E-state index is -0.995. The van der Waals surface area contributed by atoms with Crippen LogP contribution in [0.1, 0.15) is 11.1 Å². The summed E-state index contributed by atoms with van der Waals surface area (Å²) in [6.07, 6.45) is 2.99. The van der Waals surface area contributed by atoms with E-state index in [9.17, 15) is 13.6 Å². The lowest BCUT2D eigenvalue weighted by atomic mass is 10.1. The predicted octanol–water partition coefficient (Wildman–Crippen LogP) is 3.93. The first-order valence-corrected chi connectivity index (χ1v) is 6.05. The third-order valence-electron chi connectivity index (χ3n) is 2.69. The maximum absolute atomic E-state index is 13.0. The van der Waals surface area contributed by atoms with Gasteiger partial charge in [0, 0.05) is 17.8 Å². The molecular weight excluding hydrogens is 260 g/mol. The SMILES string of the molecule is Cc1ccc(/C=C\C(=O)Nc2ccc(F)c(F)c2)cc1. The van der Waals surface area contributed by atoms with Gasteiger partial charge in [0.2, 0.25) is 5.91 Å². The smallest absolute Gasteiger partial charge is 0.248 e.